The van der Waals surface area contributed by atoms with E-state index in [4.69, 9.17) is 15.2 Å². The predicted molar refractivity (Wildman–Crippen MR) is 75.4 cm³/mol. The van der Waals surface area contributed by atoms with Gasteiger partial charge in [0.05, 0.1) is 18.5 Å². The molecule has 1 aromatic heterocycles. The summed E-state index contributed by atoms with van der Waals surface area (Å²) in [5, 5.41) is 3.51. The third kappa shape index (κ3) is 4.08. The molecule has 1 aliphatic carbocycles. The van der Waals surface area contributed by atoms with Gasteiger partial charge in [-0.05, 0) is 31.4 Å². The van der Waals surface area contributed by atoms with Crippen LogP contribution in [0.5, 0.6) is 5.88 Å². The first kappa shape index (κ1) is 14.1. The highest BCUT2D eigenvalue weighted by Crippen LogP contribution is 2.27. The van der Waals surface area contributed by atoms with Crippen molar-refractivity contribution in [3.8, 4) is 5.88 Å². The van der Waals surface area contributed by atoms with Gasteiger partial charge in [0.25, 0.3) is 0 Å². The first-order valence-electron chi connectivity index (χ1n) is 6.88. The Morgan fingerprint density at radius 2 is 2.26 bits per heavy atom. The van der Waals surface area contributed by atoms with Crippen molar-refractivity contribution in [2.24, 2.45) is 11.7 Å². The highest BCUT2D eigenvalue weighted by atomic mass is 16.5. The number of hydrogen-bond acceptors (Lipinski definition) is 5. The second-order valence-electron chi connectivity index (χ2n) is 4.90. The van der Waals surface area contributed by atoms with Crippen molar-refractivity contribution in [2.75, 3.05) is 32.2 Å². The Morgan fingerprint density at radius 1 is 1.37 bits per heavy atom. The number of aromatic nitrogens is 1. The molecule has 2 atom stereocenters. The smallest absolute Gasteiger partial charge is 0.213 e. The molecule has 106 valence electrons. The van der Waals surface area contributed by atoms with Crippen LogP contribution in [0.2, 0.25) is 0 Å². The van der Waals surface area contributed by atoms with Gasteiger partial charge >= 0.3 is 0 Å². The minimum atomic E-state index is 0.479. The minimum Gasteiger partial charge on any atom is -0.475 e. The molecule has 19 heavy (non-hydrogen) atoms. The van der Waals surface area contributed by atoms with Crippen LogP contribution in [0.4, 0.5) is 5.69 Å². The van der Waals surface area contributed by atoms with E-state index in [0.29, 0.717) is 31.1 Å². The van der Waals surface area contributed by atoms with Gasteiger partial charge in [-0.15, -0.1) is 0 Å². The first-order chi connectivity index (χ1) is 9.33. The molecule has 5 heteroatoms. The van der Waals surface area contributed by atoms with Gasteiger partial charge in [-0.25, -0.2) is 4.98 Å². The fraction of sp³-hybridized carbons (Fsp3) is 0.643. The molecule has 2 unspecified atom stereocenters. The summed E-state index contributed by atoms with van der Waals surface area (Å²) >= 11 is 0. The summed E-state index contributed by atoms with van der Waals surface area (Å²) in [6.45, 7) is 1.85. The summed E-state index contributed by atoms with van der Waals surface area (Å²) in [4.78, 5) is 4.27. The molecule has 0 aromatic carbocycles. The number of anilines is 1. The van der Waals surface area contributed by atoms with Crippen molar-refractivity contribution in [1.29, 1.82) is 0 Å². The van der Waals surface area contributed by atoms with Crippen LogP contribution >= 0.6 is 0 Å². The molecule has 3 N–H and O–H groups in total. The molecule has 1 fully saturated rings. The lowest BCUT2D eigenvalue weighted by molar-refractivity contribution is 0.144. The number of nitrogens with one attached hydrogen (secondary N) is 1. The number of rotatable bonds is 7. The molecule has 1 aromatic rings. The number of methoxy groups -OCH3 is 1. The molecular formula is C14H23N3O2. The Hall–Kier alpha value is -1.33. The summed E-state index contributed by atoms with van der Waals surface area (Å²) in [5.41, 5.74) is 6.81. The first-order valence-corrected chi connectivity index (χ1v) is 6.88. The number of hydrogen-bond donors (Lipinski definition) is 2. The van der Waals surface area contributed by atoms with E-state index in [2.05, 4.69) is 10.3 Å². The third-order valence-corrected chi connectivity index (χ3v) is 3.59. The van der Waals surface area contributed by atoms with Gasteiger partial charge in [0, 0.05) is 19.2 Å². The van der Waals surface area contributed by atoms with Crippen LogP contribution in [0.3, 0.4) is 0 Å². The van der Waals surface area contributed by atoms with Crippen LogP contribution < -0.4 is 15.8 Å². The second-order valence-corrected chi connectivity index (χ2v) is 4.90. The number of pyridine rings is 1. The second kappa shape index (κ2) is 7.31. The van der Waals surface area contributed by atoms with Gasteiger partial charge in [0.15, 0.2) is 0 Å². The van der Waals surface area contributed by atoms with Crippen molar-refractivity contribution in [1.82, 2.24) is 4.98 Å². The zero-order chi connectivity index (χ0) is 13.5. The fourth-order valence-electron chi connectivity index (χ4n) is 2.50. The van der Waals surface area contributed by atoms with Gasteiger partial charge in [0.1, 0.15) is 6.61 Å². The van der Waals surface area contributed by atoms with E-state index in [9.17, 15) is 0 Å². The average molecular weight is 265 g/mol. The normalized spacial score (nSPS) is 22.4. The Kier molecular flexibility index (Phi) is 5.42. The lowest BCUT2D eigenvalue weighted by Gasteiger charge is -2.20. The summed E-state index contributed by atoms with van der Waals surface area (Å²) < 4.78 is 10.4. The Morgan fingerprint density at radius 3 is 2.95 bits per heavy atom. The van der Waals surface area contributed by atoms with Crippen LogP contribution in [0.15, 0.2) is 18.3 Å². The quantitative estimate of drug-likeness (QED) is 0.734. The lowest BCUT2D eigenvalue weighted by atomic mass is 10.0. The number of nitrogens with two attached hydrogens (primary N) is 1. The summed E-state index contributed by atoms with van der Waals surface area (Å²) in [6, 6.07) is 4.36. The van der Waals surface area contributed by atoms with Crippen molar-refractivity contribution in [3.05, 3.63) is 18.3 Å². The van der Waals surface area contributed by atoms with E-state index in [0.717, 1.165) is 12.2 Å². The molecule has 0 saturated heterocycles. The van der Waals surface area contributed by atoms with Gasteiger partial charge < -0.3 is 20.5 Å². The monoisotopic (exact) mass is 265 g/mol. The van der Waals surface area contributed by atoms with E-state index in [-0.39, 0.29) is 0 Å². The van der Waals surface area contributed by atoms with Gasteiger partial charge in [-0.1, -0.05) is 6.42 Å². The SMILES string of the molecule is COCCOc1ccc(NC2CCCC2CN)cn1. The van der Waals surface area contributed by atoms with Crippen molar-refractivity contribution < 1.29 is 9.47 Å². The number of ether oxygens (including phenoxy) is 2. The van der Waals surface area contributed by atoms with Gasteiger partial charge in [-0.3, -0.25) is 0 Å². The molecule has 2 rings (SSSR count). The Bertz CT molecular complexity index is 369. The Labute approximate surface area is 114 Å². The molecule has 0 aliphatic heterocycles. The molecule has 0 amide bonds. The maximum Gasteiger partial charge on any atom is 0.213 e. The highest BCUT2D eigenvalue weighted by molar-refractivity contribution is 5.43. The molecule has 1 heterocycles. The van der Waals surface area contributed by atoms with Crippen LogP contribution in [0.25, 0.3) is 0 Å². The molecule has 0 radical (unpaired) electrons. The topological polar surface area (TPSA) is 69.4 Å². The standard InChI is InChI=1S/C14H23N3O2/c1-18-7-8-19-14-6-5-12(10-16-14)17-13-4-2-3-11(13)9-15/h5-6,10-11,13,17H,2-4,7-9,15H2,1H3. The summed E-state index contributed by atoms with van der Waals surface area (Å²) in [5.74, 6) is 1.21. The average Bonchev–Trinajstić information content (AvgIpc) is 2.88. The van der Waals surface area contributed by atoms with Gasteiger partial charge in [-0.2, -0.15) is 0 Å². The molecule has 0 spiro atoms. The molecule has 5 nitrogen and oxygen atoms in total. The van der Waals surface area contributed by atoms with Gasteiger partial charge in [0.2, 0.25) is 5.88 Å². The minimum absolute atomic E-state index is 0.479. The van der Waals surface area contributed by atoms with Crippen molar-refractivity contribution in [3.63, 3.8) is 0 Å². The third-order valence-electron chi connectivity index (χ3n) is 3.59. The van der Waals surface area contributed by atoms with E-state index in [1.807, 2.05) is 18.3 Å². The van der Waals surface area contributed by atoms with Crippen molar-refractivity contribution >= 4 is 5.69 Å². The number of nitrogens with zero attached hydrogens (tertiary/aromatic N) is 1. The summed E-state index contributed by atoms with van der Waals surface area (Å²) in [7, 11) is 1.65. The zero-order valence-electron chi connectivity index (χ0n) is 11.5. The van der Waals surface area contributed by atoms with Crippen LogP contribution in [0, 0.1) is 5.92 Å². The van der Waals surface area contributed by atoms with E-state index >= 15 is 0 Å². The van der Waals surface area contributed by atoms with E-state index in [1.165, 1.54) is 19.3 Å². The lowest BCUT2D eigenvalue weighted by Crippen LogP contribution is -2.29. The molecule has 1 aliphatic rings. The maximum atomic E-state index is 5.78. The molecule has 1 saturated carbocycles. The maximum absolute atomic E-state index is 5.78. The van der Waals surface area contributed by atoms with E-state index < -0.39 is 0 Å². The highest BCUT2D eigenvalue weighted by Gasteiger charge is 2.25. The van der Waals surface area contributed by atoms with Crippen LogP contribution in [-0.2, 0) is 4.74 Å². The van der Waals surface area contributed by atoms with Crippen molar-refractivity contribution in [2.45, 2.75) is 25.3 Å². The van der Waals surface area contributed by atoms with Crippen LogP contribution in [0.1, 0.15) is 19.3 Å². The molecule has 0 bridgehead atoms. The zero-order valence-corrected chi connectivity index (χ0v) is 11.5. The molecular weight excluding hydrogens is 242 g/mol. The predicted octanol–water partition coefficient (Wildman–Crippen LogP) is 1.65. The fourth-order valence-corrected chi connectivity index (χ4v) is 2.50. The van der Waals surface area contributed by atoms with Crippen LogP contribution in [-0.4, -0.2) is 37.9 Å². The Balaban J connectivity index is 1.84. The largest absolute Gasteiger partial charge is 0.475 e. The van der Waals surface area contributed by atoms with E-state index in [1.54, 1.807) is 7.11 Å². The summed E-state index contributed by atoms with van der Waals surface area (Å²) in [6.07, 6.45) is 5.48.